The molecule has 0 bridgehead atoms. The van der Waals surface area contributed by atoms with E-state index in [0.717, 1.165) is 4.48 Å². The zero-order valence-corrected chi connectivity index (χ0v) is 14.9. The molecule has 0 heterocycles. The molecule has 0 N–H and O–H groups in total. The summed E-state index contributed by atoms with van der Waals surface area (Å²) in [7, 11) is 8.50. The Morgan fingerprint density at radius 3 is 0.600 bits per heavy atom. The van der Waals surface area contributed by atoms with Crippen molar-refractivity contribution in [2.75, 3.05) is 28.2 Å². The number of nitrogens with zero attached hydrogens (tertiary/aromatic N) is 4. The van der Waals surface area contributed by atoms with Gasteiger partial charge in [-0.15, -0.1) is 0 Å². The average molecular weight is 530 g/mol. The van der Waals surface area contributed by atoms with Crippen LogP contribution in [-0.2, 0) is 11.0 Å². The predicted octanol–water partition coefficient (Wildman–Crippen LogP) is -0.632. The Hall–Kier alpha value is -1.47. The fraction of sp³-hybridized carbons (Fsp3) is 1.00. The van der Waals surface area contributed by atoms with Crippen molar-refractivity contribution in [3.8, 4) is 0 Å². The summed E-state index contributed by atoms with van der Waals surface area (Å²) in [6.45, 7) is 0. The van der Waals surface area contributed by atoms with E-state index in [-0.39, 0.29) is 42.1 Å². The van der Waals surface area contributed by atoms with Crippen molar-refractivity contribution in [3.05, 3.63) is 46.0 Å². The fourth-order valence-corrected chi connectivity index (χ4v) is 0. The van der Waals surface area contributed by atoms with Gasteiger partial charge in [0.2, 0.25) is 0 Å². The second kappa shape index (κ2) is 26.2. The number of rotatable bonds is 0. The summed E-state index contributed by atoms with van der Waals surface area (Å²) in [6, 6.07) is 0. The van der Waals surface area contributed by atoms with E-state index >= 15 is 0 Å². The monoisotopic (exact) mass is 530 g/mol. The van der Waals surface area contributed by atoms with Crippen LogP contribution in [0.3, 0.4) is 0 Å². The van der Waals surface area contributed by atoms with E-state index in [4.69, 9.17) is 46.0 Å². The Morgan fingerprint density at radius 2 is 0.600 bits per heavy atom. The third-order valence-electron chi connectivity index (χ3n) is 0. The first-order valence-corrected chi connectivity index (χ1v) is 3.43. The van der Waals surface area contributed by atoms with Crippen LogP contribution in [0.2, 0.25) is 0 Å². The van der Waals surface area contributed by atoms with E-state index in [1.165, 1.54) is 0 Å². The molecule has 15 nitrogen and oxygen atoms in total. The maximum absolute atomic E-state index is 8.25. The molecular weight excluding hydrogens is 518 g/mol. The molecule has 0 aliphatic carbocycles. The Bertz CT molecular complexity index is 184. The Balaban J connectivity index is -0.0000000216. The Labute approximate surface area is 136 Å². The molecule has 0 aromatic heterocycles. The molecule has 16 heteroatoms. The molecule has 124 valence electrons. The van der Waals surface area contributed by atoms with Crippen molar-refractivity contribution in [2.45, 2.75) is 0 Å². The first-order chi connectivity index (χ1) is 7.20. The van der Waals surface area contributed by atoms with Crippen LogP contribution < -0.4 is 0 Å². The first-order valence-electron chi connectivity index (χ1n) is 3.43. The van der Waals surface area contributed by atoms with Crippen molar-refractivity contribution in [2.24, 2.45) is 0 Å². The van der Waals surface area contributed by atoms with Crippen LogP contribution in [0.15, 0.2) is 0 Å². The Kier molecular flexibility index (Phi) is 56.0. The van der Waals surface area contributed by atoms with Crippen molar-refractivity contribution in [1.82, 2.24) is 0 Å². The summed E-state index contributed by atoms with van der Waals surface area (Å²) >= 11 is 0. The predicted molar refractivity (Wildman–Crippen MR) is 56.4 cm³/mol. The average Bonchev–Trinajstić information content (AvgIpc) is 1.73. The summed E-state index contributed by atoms with van der Waals surface area (Å²) in [6.07, 6.45) is 0. The molecule has 0 amide bonds. The molecule has 0 fully saturated rings. The van der Waals surface area contributed by atoms with E-state index in [9.17, 15) is 0 Å². The second-order valence-corrected chi connectivity index (χ2v) is 3.35. The van der Waals surface area contributed by atoms with Crippen molar-refractivity contribution in [3.63, 3.8) is 0 Å². The van der Waals surface area contributed by atoms with Gasteiger partial charge in [0.1, 0.15) is 0 Å². The van der Waals surface area contributed by atoms with Crippen LogP contribution in [0.5, 0.6) is 0 Å². The molecule has 0 aliphatic rings. The Morgan fingerprint density at radius 1 is 0.600 bits per heavy atom. The van der Waals surface area contributed by atoms with Gasteiger partial charge in [0, 0.05) is 31.1 Å². The van der Waals surface area contributed by atoms with Crippen molar-refractivity contribution in [1.29, 1.82) is 0 Å². The molecule has 0 spiro atoms. The van der Waals surface area contributed by atoms with Crippen LogP contribution in [-0.4, -0.2) is 47.9 Å². The number of quaternary nitrogens is 1. The van der Waals surface area contributed by atoms with Crippen LogP contribution in [0.1, 0.15) is 0 Å². The molecule has 0 radical (unpaired) electrons. The van der Waals surface area contributed by atoms with Crippen LogP contribution in [0.25, 0.3) is 0 Å². The third-order valence-corrected chi connectivity index (χ3v) is 0. The van der Waals surface area contributed by atoms with Gasteiger partial charge in [-0.2, -0.15) is 0 Å². The second-order valence-electron chi connectivity index (χ2n) is 3.35. The van der Waals surface area contributed by atoms with Gasteiger partial charge < -0.3 is 61.4 Å². The van der Waals surface area contributed by atoms with E-state index in [2.05, 4.69) is 28.2 Å². The summed E-state index contributed by atoms with van der Waals surface area (Å²) in [5, 5.41) is 44.2. The van der Waals surface area contributed by atoms with Gasteiger partial charge in [-0.1, -0.05) is 0 Å². The van der Waals surface area contributed by atoms with Crippen molar-refractivity contribution >= 4 is 0 Å². The molecule has 0 aliphatic heterocycles. The smallest absolute Gasteiger partial charge is 0.0689 e. The van der Waals surface area contributed by atoms with Crippen molar-refractivity contribution < 1.29 is 61.8 Å². The minimum atomic E-state index is -1.75. The summed E-state index contributed by atoms with van der Waals surface area (Å²) in [5.74, 6) is 0. The molecule has 0 saturated carbocycles. The van der Waals surface area contributed by atoms with Gasteiger partial charge in [-0.25, -0.2) is 0 Å². The van der Waals surface area contributed by atoms with Gasteiger partial charge in [0.25, 0.3) is 0 Å². The van der Waals surface area contributed by atoms with Crippen LogP contribution >= 0.6 is 0 Å². The molecule has 0 saturated heterocycles. The molecule has 0 rings (SSSR count). The molecule has 0 aromatic rings. The topological polar surface area (TPSA) is 256 Å². The zero-order valence-electron chi connectivity index (χ0n) is 10.8. The van der Waals surface area contributed by atoms with E-state index in [1.807, 2.05) is 0 Å². The fourth-order valence-electron chi connectivity index (χ4n) is 0. The summed E-state index contributed by atoms with van der Waals surface area (Å²) < 4.78 is 1.00. The molecule has 0 unspecified atom stereocenters. The van der Waals surface area contributed by atoms with Gasteiger partial charge in [0.15, 0.2) is 0 Å². The molecule has 0 aromatic carbocycles. The maximum atomic E-state index is 8.25. The van der Waals surface area contributed by atoms with Gasteiger partial charge >= 0.3 is 0 Å². The molecule has 20 heavy (non-hydrogen) atoms. The largest absolute Gasteiger partial charge is 2.00 e. The van der Waals surface area contributed by atoms with Gasteiger partial charge in [0.05, 0.1) is 43.5 Å². The first kappa shape index (κ1) is 42.8. The van der Waals surface area contributed by atoms with E-state index in [1.54, 1.807) is 0 Å². The third kappa shape index (κ3) is 1850. The summed E-state index contributed by atoms with van der Waals surface area (Å²) in [4.78, 5) is 24.8. The summed E-state index contributed by atoms with van der Waals surface area (Å²) in [5.41, 5.74) is 0. The SMILES string of the molecule is C[N+](C)(C)C.O=[N+]([O-])[O-].O=[N+]([O-])[O-].O=[N+]([O-])[O-].[O-2].[O-2].[U]. The standard InChI is InChI=1S/C4H12N.3NO3.2O.U/c1-5(2,3)4;3*2-1(3)4;;;/h1-4H3;;;;;;/q+1;3*-1;2*-2;. The normalized spacial score (nSPS) is 6.60. The van der Waals surface area contributed by atoms with Gasteiger partial charge in [-0.05, 0) is 0 Å². The van der Waals surface area contributed by atoms with Crippen LogP contribution in [0, 0.1) is 77.1 Å². The minimum Gasteiger partial charge on any atom is -2.00 e. The number of hydrogen-bond donors (Lipinski definition) is 0. The minimum absolute atomic E-state index is 0. The zero-order chi connectivity index (χ0) is 15.2. The maximum Gasteiger partial charge on any atom is 0.0689 e. The molecular formula is C4H12N4O11U-6. The number of hydrogen-bond acceptors (Lipinski definition) is 9. The van der Waals surface area contributed by atoms with E-state index in [0.29, 0.717) is 0 Å². The quantitative estimate of drug-likeness (QED) is 0.219. The van der Waals surface area contributed by atoms with Crippen LogP contribution in [0.4, 0.5) is 0 Å². The molecule has 0 atom stereocenters. The van der Waals surface area contributed by atoms with Gasteiger partial charge in [-0.3, -0.25) is 0 Å². The van der Waals surface area contributed by atoms with E-state index < -0.39 is 15.3 Å².